The normalized spacial score (nSPS) is 11.7. The van der Waals surface area contributed by atoms with Crippen molar-refractivity contribution in [1.29, 1.82) is 0 Å². The molecule has 1 amide bonds. The fraction of sp³-hybridized carbons (Fsp3) is 0.294. The molecule has 2 rings (SSSR count). The summed E-state index contributed by atoms with van der Waals surface area (Å²) in [6.45, 7) is 5.33. The zero-order valence-electron chi connectivity index (χ0n) is 13.8. The molecule has 7 heteroatoms. The molecule has 2 aromatic rings. The summed E-state index contributed by atoms with van der Waals surface area (Å²) in [4.78, 5) is 25.2. The number of nitrogens with one attached hydrogen (secondary N) is 1. The molecule has 0 radical (unpaired) electrons. The number of hydrogen-bond acceptors (Lipinski definition) is 5. The number of rotatable bonds is 5. The third kappa shape index (κ3) is 4.07. The Morgan fingerprint density at radius 3 is 2.62 bits per heavy atom. The molecule has 1 aromatic heterocycles. The van der Waals surface area contributed by atoms with Crippen LogP contribution in [0, 0.1) is 13.8 Å². The number of halogens is 1. The molecule has 0 saturated carbocycles. The van der Waals surface area contributed by atoms with Crippen molar-refractivity contribution in [2.45, 2.75) is 26.9 Å². The van der Waals surface area contributed by atoms with Crippen molar-refractivity contribution in [3.05, 3.63) is 45.3 Å². The van der Waals surface area contributed by atoms with E-state index < -0.39 is 12.1 Å². The van der Waals surface area contributed by atoms with Crippen molar-refractivity contribution in [2.24, 2.45) is 0 Å². The average molecular weight is 368 g/mol. The topological polar surface area (TPSA) is 64.6 Å². The van der Waals surface area contributed by atoms with E-state index in [-0.39, 0.29) is 5.91 Å². The maximum absolute atomic E-state index is 12.4. The van der Waals surface area contributed by atoms with Crippen molar-refractivity contribution < 1.29 is 19.1 Å². The van der Waals surface area contributed by atoms with Crippen molar-refractivity contribution in [2.75, 3.05) is 12.4 Å². The number of anilines is 1. The predicted octanol–water partition coefficient (Wildman–Crippen LogP) is 4.21. The van der Waals surface area contributed by atoms with Gasteiger partial charge in [0.05, 0.1) is 12.7 Å². The minimum absolute atomic E-state index is 0.360. The number of esters is 1. The molecule has 1 aromatic carbocycles. The number of aryl methyl sites for hydroxylation is 1. The number of carbonyl (C=O) groups excluding carboxylic acids is 2. The molecule has 1 N–H and O–H groups in total. The standard InChI is InChI=1S/C17H18ClNO4S/c1-9-11(3)24-16(14(9)17(21)22-4)19-15(20)10(2)23-13-7-5-6-12(18)8-13/h5-8,10H,1-4H3,(H,19,20). The van der Waals surface area contributed by atoms with Gasteiger partial charge in [0.1, 0.15) is 10.8 Å². The number of ether oxygens (including phenoxy) is 2. The highest BCUT2D eigenvalue weighted by molar-refractivity contribution is 7.16. The number of methoxy groups -OCH3 is 1. The van der Waals surface area contributed by atoms with Crippen molar-refractivity contribution in [3.8, 4) is 5.75 Å². The van der Waals surface area contributed by atoms with E-state index in [4.69, 9.17) is 21.1 Å². The molecule has 5 nitrogen and oxygen atoms in total. The molecule has 24 heavy (non-hydrogen) atoms. The van der Waals surface area contributed by atoms with Gasteiger partial charge in [-0.2, -0.15) is 0 Å². The summed E-state index contributed by atoms with van der Waals surface area (Å²) in [7, 11) is 1.31. The molecular formula is C17H18ClNO4S. The summed E-state index contributed by atoms with van der Waals surface area (Å²) in [6.07, 6.45) is -0.753. The smallest absolute Gasteiger partial charge is 0.341 e. The molecule has 0 aliphatic heterocycles. The zero-order chi connectivity index (χ0) is 17.9. The summed E-state index contributed by atoms with van der Waals surface area (Å²) in [6, 6.07) is 6.81. The van der Waals surface area contributed by atoms with E-state index in [1.165, 1.54) is 18.4 Å². The Labute approximate surface area is 149 Å². The Kier molecular flexibility index (Phi) is 5.85. The lowest BCUT2D eigenvalue weighted by Gasteiger charge is -2.15. The molecule has 1 unspecified atom stereocenters. The molecule has 1 heterocycles. The van der Waals surface area contributed by atoms with Gasteiger partial charge in [0, 0.05) is 9.90 Å². The first-order chi connectivity index (χ1) is 11.3. The van der Waals surface area contributed by atoms with Crippen LogP contribution in [0.1, 0.15) is 27.7 Å². The second-order valence-electron chi connectivity index (χ2n) is 5.19. The van der Waals surface area contributed by atoms with Crippen LogP contribution < -0.4 is 10.1 Å². The van der Waals surface area contributed by atoms with Gasteiger partial charge in [-0.15, -0.1) is 11.3 Å². The number of thiophene rings is 1. The first-order valence-electron chi connectivity index (χ1n) is 7.25. The fourth-order valence-corrected chi connectivity index (χ4v) is 3.31. The molecule has 0 bridgehead atoms. The van der Waals surface area contributed by atoms with E-state index >= 15 is 0 Å². The van der Waals surface area contributed by atoms with E-state index in [1.54, 1.807) is 31.2 Å². The van der Waals surface area contributed by atoms with Gasteiger partial charge in [0.15, 0.2) is 6.10 Å². The number of amides is 1. The monoisotopic (exact) mass is 367 g/mol. The summed E-state index contributed by atoms with van der Waals surface area (Å²) in [5.74, 6) is -0.339. The Morgan fingerprint density at radius 2 is 2.00 bits per heavy atom. The molecular weight excluding hydrogens is 350 g/mol. The number of benzene rings is 1. The lowest BCUT2D eigenvalue weighted by Crippen LogP contribution is -2.30. The quantitative estimate of drug-likeness (QED) is 0.804. The molecule has 0 fully saturated rings. The molecule has 0 spiro atoms. The van der Waals surface area contributed by atoms with Crippen LogP contribution in [0.15, 0.2) is 24.3 Å². The first-order valence-corrected chi connectivity index (χ1v) is 8.44. The van der Waals surface area contributed by atoms with Crippen LogP contribution in [0.25, 0.3) is 0 Å². The molecule has 1 atom stereocenters. The zero-order valence-corrected chi connectivity index (χ0v) is 15.4. The van der Waals surface area contributed by atoms with Crippen LogP contribution in [0.3, 0.4) is 0 Å². The Morgan fingerprint density at radius 1 is 1.29 bits per heavy atom. The minimum atomic E-state index is -0.753. The minimum Gasteiger partial charge on any atom is -0.481 e. The van der Waals surface area contributed by atoms with Crippen molar-refractivity contribution in [3.63, 3.8) is 0 Å². The van der Waals surface area contributed by atoms with Gasteiger partial charge in [0.2, 0.25) is 0 Å². The van der Waals surface area contributed by atoms with Crippen LogP contribution in [0.2, 0.25) is 5.02 Å². The highest BCUT2D eigenvalue weighted by atomic mass is 35.5. The lowest BCUT2D eigenvalue weighted by atomic mass is 10.1. The van der Waals surface area contributed by atoms with Crippen LogP contribution in [0.5, 0.6) is 5.75 Å². The van der Waals surface area contributed by atoms with Crippen molar-refractivity contribution >= 4 is 39.8 Å². The van der Waals surface area contributed by atoms with Gasteiger partial charge in [-0.25, -0.2) is 4.79 Å². The van der Waals surface area contributed by atoms with E-state index in [0.29, 0.717) is 21.3 Å². The Bertz CT molecular complexity index is 772. The van der Waals surface area contributed by atoms with Crippen LogP contribution in [-0.2, 0) is 9.53 Å². The Balaban J connectivity index is 2.14. The van der Waals surface area contributed by atoms with Gasteiger partial charge in [-0.05, 0) is 44.5 Å². The third-order valence-corrected chi connectivity index (χ3v) is 4.85. The molecule has 0 saturated heterocycles. The summed E-state index contributed by atoms with van der Waals surface area (Å²) in [5, 5.41) is 3.73. The SMILES string of the molecule is COC(=O)c1c(NC(=O)C(C)Oc2cccc(Cl)c2)sc(C)c1C. The molecule has 0 aliphatic rings. The lowest BCUT2D eigenvalue weighted by molar-refractivity contribution is -0.122. The van der Waals surface area contributed by atoms with Crippen molar-refractivity contribution in [1.82, 2.24) is 0 Å². The second kappa shape index (κ2) is 7.68. The fourth-order valence-electron chi connectivity index (χ4n) is 2.07. The van der Waals surface area contributed by atoms with E-state index in [0.717, 1.165) is 10.4 Å². The van der Waals surface area contributed by atoms with E-state index in [1.807, 2.05) is 13.8 Å². The van der Waals surface area contributed by atoms with Crippen LogP contribution >= 0.6 is 22.9 Å². The van der Waals surface area contributed by atoms with Gasteiger partial charge in [-0.1, -0.05) is 17.7 Å². The second-order valence-corrected chi connectivity index (χ2v) is 6.85. The van der Waals surface area contributed by atoms with Gasteiger partial charge in [0.25, 0.3) is 5.91 Å². The largest absolute Gasteiger partial charge is 0.481 e. The van der Waals surface area contributed by atoms with E-state index in [2.05, 4.69) is 5.32 Å². The highest BCUT2D eigenvalue weighted by Gasteiger charge is 2.24. The highest BCUT2D eigenvalue weighted by Crippen LogP contribution is 2.33. The molecule has 0 aliphatic carbocycles. The first kappa shape index (κ1) is 18.3. The van der Waals surface area contributed by atoms with Crippen LogP contribution in [-0.4, -0.2) is 25.1 Å². The number of carbonyl (C=O) groups is 2. The average Bonchev–Trinajstić information content (AvgIpc) is 2.81. The Hall–Kier alpha value is -2.05. The summed E-state index contributed by atoms with van der Waals surface area (Å²) in [5.41, 5.74) is 1.17. The van der Waals surface area contributed by atoms with Gasteiger partial charge >= 0.3 is 5.97 Å². The van der Waals surface area contributed by atoms with Gasteiger partial charge < -0.3 is 14.8 Å². The number of hydrogen-bond donors (Lipinski definition) is 1. The maximum atomic E-state index is 12.4. The predicted molar refractivity (Wildman–Crippen MR) is 95.3 cm³/mol. The van der Waals surface area contributed by atoms with E-state index in [9.17, 15) is 9.59 Å². The summed E-state index contributed by atoms with van der Waals surface area (Å²) >= 11 is 7.23. The third-order valence-electron chi connectivity index (χ3n) is 3.49. The molecule has 128 valence electrons. The van der Waals surface area contributed by atoms with Gasteiger partial charge in [-0.3, -0.25) is 4.79 Å². The summed E-state index contributed by atoms with van der Waals surface area (Å²) < 4.78 is 10.4. The van der Waals surface area contributed by atoms with Crippen LogP contribution in [0.4, 0.5) is 5.00 Å². The maximum Gasteiger partial charge on any atom is 0.341 e.